The molecule has 2 aromatic rings. The van der Waals surface area contributed by atoms with E-state index in [1.54, 1.807) is 23.2 Å². The van der Waals surface area contributed by atoms with Crippen molar-refractivity contribution < 1.29 is 26.4 Å². The van der Waals surface area contributed by atoms with Gasteiger partial charge in [-0.05, 0) is 55.3 Å². The van der Waals surface area contributed by atoms with E-state index >= 15 is 0 Å². The number of likely N-dealkylation sites (tertiary alicyclic amines) is 1. The van der Waals surface area contributed by atoms with Gasteiger partial charge in [0, 0.05) is 25.8 Å². The summed E-state index contributed by atoms with van der Waals surface area (Å²) in [6.45, 7) is 1.04. The van der Waals surface area contributed by atoms with Gasteiger partial charge in [0.2, 0.25) is 10.0 Å². The zero-order valence-electron chi connectivity index (χ0n) is 16.7. The van der Waals surface area contributed by atoms with E-state index in [1.165, 1.54) is 11.8 Å². The molecule has 1 aromatic carbocycles. The number of nitrogens with zero attached hydrogens (tertiary/aromatic N) is 2. The van der Waals surface area contributed by atoms with Crippen LogP contribution in [0.15, 0.2) is 52.5 Å². The highest BCUT2D eigenvalue weighted by molar-refractivity contribution is 7.98. The molecule has 1 amide bonds. The highest BCUT2D eigenvalue weighted by atomic mass is 32.2. The Hall–Kier alpha value is -2.11. The van der Waals surface area contributed by atoms with Crippen LogP contribution in [0.4, 0.5) is 13.2 Å². The van der Waals surface area contributed by atoms with Gasteiger partial charge in [-0.15, -0.1) is 11.8 Å². The molecule has 0 radical (unpaired) electrons. The lowest BCUT2D eigenvalue weighted by Gasteiger charge is -2.32. The molecule has 1 aliphatic rings. The normalized spacial score (nSPS) is 15.8. The minimum atomic E-state index is -4.62. The number of hydrogen-bond donors (Lipinski definition) is 1. The molecule has 0 aliphatic carbocycles. The molecule has 0 bridgehead atoms. The summed E-state index contributed by atoms with van der Waals surface area (Å²) in [6.07, 6.45) is 0.0416. The van der Waals surface area contributed by atoms with E-state index in [2.05, 4.69) is 9.71 Å². The van der Waals surface area contributed by atoms with Crippen LogP contribution in [-0.4, -0.2) is 50.1 Å². The first kappa shape index (κ1) is 23.6. The number of carbonyl (C=O) groups excluding carboxylic acids is 1. The first-order valence-corrected chi connectivity index (χ1v) is 12.3. The summed E-state index contributed by atoms with van der Waals surface area (Å²) in [5, 5.41) is 0.656. The smallest absolute Gasteiger partial charge is 0.339 e. The number of nitrogens with one attached hydrogen (secondary N) is 1. The van der Waals surface area contributed by atoms with Crippen molar-refractivity contribution in [2.75, 3.05) is 25.9 Å². The molecule has 2 heterocycles. The van der Waals surface area contributed by atoms with E-state index in [0.717, 1.165) is 18.2 Å². The third-order valence-electron chi connectivity index (χ3n) is 5.13. The number of carbonyl (C=O) groups is 1. The van der Waals surface area contributed by atoms with E-state index in [-0.39, 0.29) is 18.4 Å². The monoisotopic (exact) mass is 473 g/mol. The van der Waals surface area contributed by atoms with Crippen LogP contribution >= 0.6 is 11.8 Å². The fraction of sp³-hybridized carbons (Fsp3) is 0.400. The van der Waals surface area contributed by atoms with Gasteiger partial charge in [0.05, 0.1) is 16.0 Å². The van der Waals surface area contributed by atoms with Crippen molar-refractivity contribution in [2.45, 2.75) is 28.9 Å². The molecule has 1 N–H and O–H groups in total. The number of pyridine rings is 1. The van der Waals surface area contributed by atoms with Crippen molar-refractivity contribution in [3.8, 4) is 0 Å². The third-order valence-corrected chi connectivity index (χ3v) is 7.26. The average Bonchev–Trinajstić information content (AvgIpc) is 2.77. The van der Waals surface area contributed by atoms with E-state index in [1.807, 2.05) is 6.26 Å². The first-order valence-electron chi connectivity index (χ1n) is 9.57. The molecule has 1 aromatic heterocycles. The topological polar surface area (TPSA) is 79.4 Å². The highest BCUT2D eigenvalue weighted by Crippen LogP contribution is 2.30. The van der Waals surface area contributed by atoms with E-state index in [9.17, 15) is 26.4 Å². The first-order chi connectivity index (χ1) is 14.6. The van der Waals surface area contributed by atoms with Crippen LogP contribution in [0.5, 0.6) is 0 Å². The van der Waals surface area contributed by atoms with Crippen molar-refractivity contribution in [1.29, 1.82) is 0 Å². The van der Waals surface area contributed by atoms with Gasteiger partial charge in [0.15, 0.2) is 0 Å². The zero-order chi connectivity index (χ0) is 22.6. The number of rotatable bonds is 6. The summed E-state index contributed by atoms with van der Waals surface area (Å²) >= 11 is 1.39. The van der Waals surface area contributed by atoms with Crippen LogP contribution in [0, 0.1) is 5.92 Å². The molecule has 6 nitrogen and oxygen atoms in total. The number of piperidine rings is 1. The number of benzene rings is 1. The van der Waals surface area contributed by atoms with Crippen molar-refractivity contribution in [3.05, 3.63) is 53.7 Å². The van der Waals surface area contributed by atoms with Crippen molar-refractivity contribution in [2.24, 2.45) is 5.92 Å². The maximum atomic E-state index is 12.9. The highest BCUT2D eigenvalue weighted by Gasteiger charge is 2.32. The Bertz CT molecular complexity index is 1040. The maximum Gasteiger partial charge on any atom is 0.416 e. The summed E-state index contributed by atoms with van der Waals surface area (Å²) in [7, 11) is -4.07. The summed E-state index contributed by atoms with van der Waals surface area (Å²) in [4.78, 5) is 18.3. The standard InChI is InChI=1S/C20H22F3N3O3S2/c1-30-18-17(6-3-9-24-18)19(27)26-10-7-14(8-11-26)13-25-31(28,29)16-5-2-4-15(12-16)20(21,22)23/h2-6,9,12,14,25H,7-8,10-11,13H2,1H3. The Kier molecular flexibility index (Phi) is 7.28. The fourth-order valence-electron chi connectivity index (χ4n) is 3.38. The largest absolute Gasteiger partial charge is 0.416 e. The van der Waals surface area contributed by atoms with Gasteiger partial charge in [0.1, 0.15) is 5.03 Å². The molecule has 1 aliphatic heterocycles. The number of amides is 1. The van der Waals surface area contributed by atoms with Gasteiger partial charge < -0.3 is 4.90 Å². The van der Waals surface area contributed by atoms with Gasteiger partial charge in [0.25, 0.3) is 5.91 Å². The molecule has 1 saturated heterocycles. The summed E-state index contributed by atoms with van der Waals surface area (Å²) in [5.74, 6) is -0.126. The van der Waals surface area contributed by atoms with E-state index < -0.39 is 26.7 Å². The van der Waals surface area contributed by atoms with Gasteiger partial charge >= 0.3 is 6.18 Å². The van der Waals surface area contributed by atoms with Crippen LogP contribution in [0.2, 0.25) is 0 Å². The van der Waals surface area contributed by atoms with Gasteiger partial charge in [-0.25, -0.2) is 18.1 Å². The molecule has 0 spiro atoms. The summed E-state index contributed by atoms with van der Waals surface area (Å²) in [6, 6.07) is 7.11. The molecular formula is C20H22F3N3O3S2. The lowest BCUT2D eigenvalue weighted by Crippen LogP contribution is -2.41. The number of sulfonamides is 1. The second kappa shape index (κ2) is 9.58. The molecule has 0 unspecified atom stereocenters. The minimum absolute atomic E-state index is 0.0152. The fourth-order valence-corrected chi connectivity index (χ4v) is 5.08. The molecular weight excluding hydrogens is 451 g/mol. The molecule has 31 heavy (non-hydrogen) atoms. The van der Waals surface area contributed by atoms with Gasteiger partial charge in [-0.2, -0.15) is 13.2 Å². The Labute approximate surface area is 183 Å². The van der Waals surface area contributed by atoms with E-state index in [0.29, 0.717) is 42.6 Å². The van der Waals surface area contributed by atoms with Crippen LogP contribution in [0.25, 0.3) is 0 Å². The predicted octanol–water partition coefficient (Wildman–Crippen LogP) is 3.65. The second-order valence-electron chi connectivity index (χ2n) is 7.17. The molecule has 0 saturated carbocycles. The average molecular weight is 474 g/mol. The SMILES string of the molecule is CSc1ncccc1C(=O)N1CCC(CNS(=O)(=O)c2cccc(C(F)(F)F)c2)CC1. The molecule has 0 atom stereocenters. The second-order valence-corrected chi connectivity index (χ2v) is 9.74. The lowest BCUT2D eigenvalue weighted by atomic mass is 9.97. The van der Waals surface area contributed by atoms with Crippen LogP contribution in [-0.2, 0) is 16.2 Å². The Balaban J connectivity index is 1.57. The van der Waals surface area contributed by atoms with Crippen molar-refractivity contribution >= 4 is 27.7 Å². The molecule has 1 fully saturated rings. The summed E-state index contributed by atoms with van der Waals surface area (Å²) in [5.41, 5.74) is -0.471. The van der Waals surface area contributed by atoms with Gasteiger partial charge in [-0.3, -0.25) is 4.79 Å². The number of aromatic nitrogens is 1. The molecule has 11 heteroatoms. The third kappa shape index (κ3) is 5.78. The Morgan fingerprint density at radius 3 is 2.58 bits per heavy atom. The molecule has 3 rings (SSSR count). The quantitative estimate of drug-likeness (QED) is 0.648. The lowest BCUT2D eigenvalue weighted by molar-refractivity contribution is -0.137. The van der Waals surface area contributed by atoms with Crippen molar-refractivity contribution in [3.63, 3.8) is 0 Å². The Morgan fingerprint density at radius 2 is 1.94 bits per heavy atom. The predicted molar refractivity (Wildman–Crippen MR) is 111 cm³/mol. The van der Waals surface area contributed by atoms with Crippen LogP contribution in [0.1, 0.15) is 28.8 Å². The van der Waals surface area contributed by atoms with Gasteiger partial charge in [-0.1, -0.05) is 6.07 Å². The number of halogens is 3. The molecule has 168 valence electrons. The number of alkyl halides is 3. The number of thioether (sulfide) groups is 1. The maximum absolute atomic E-state index is 12.9. The van der Waals surface area contributed by atoms with Crippen LogP contribution < -0.4 is 4.72 Å². The number of hydrogen-bond acceptors (Lipinski definition) is 5. The summed E-state index contributed by atoms with van der Waals surface area (Å²) < 4.78 is 65.8. The van der Waals surface area contributed by atoms with Crippen molar-refractivity contribution in [1.82, 2.24) is 14.6 Å². The zero-order valence-corrected chi connectivity index (χ0v) is 18.4. The van der Waals surface area contributed by atoms with Crippen LogP contribution in [0.3, 0.4) is 0 Å². The Morgan fingerprint density at radius 1 is 1.23 bits per heavy atom. The van der Waals surface area contributed by atoms with E-state index in [4.69, 9.17) is 0 Å². The minimum Gasteiger partial charge on any atom is -0.339 e.